The van der Waals surface area contributed by atoms with Gasteiger partial charge < -0.3 is 14.4 Å². The molecule has 2 aliphatic rings. The molecule has 2 aliphatic heterocycles. The van der Waals surface area contributed by atoms with E-state index in [0.717, 1.165) is 45.0 Å². The largest absolute Gasteiger partial charge is 0.310 e. The predicted octanol–water partition coefficient (Wildman–Crippen LogP) is 26.0. The van der Waals surface area contributed by atoms with Crippen molar-refractivity contribution < 1.29 is 0 Å². The third-order valence-corrected chi connectivity index (χ3v) is 23.1. The summed E-state index contributed by atoms with van der Waals surface area (Å²) in [4.78, 5) is 5.48. The number of anilines is 6. The number of fused-ring (bicyclic) bond motifs is 5. The lowest BCUT2D eigenvalue weighted by Gasteiger charge is -2.46. The highest BCUT2D eigenvalue weighted by Gasteiger charge is 2.46. The van der Waals surface area contributed by atoms with E-state index in [9.17, 15) is 0 Å². The first-order valence-corrected chi connectivity index (χ1v) is 37.5. The molecule has 0 atom stereocenters. The number of nitrogens with zero attached hydrogens (tertiary/aromatic N) is 3. The lowest BCUT2D eigenvalue weighted by Crippen LogP contribution is -2.61. The molecule has 3 heterocycles. The topological polar surface area (TPSA) is 11.4 Å². The van der Waals surface area contributed by atoms with E-state index in [1.807, 2.05) is 0 Å². The van der Waals surface area contributed by atoms with Crippen LogP contribution in [0.1, 0.15) is 132 Å². The molecule has 0 spiro atoms. The summed E-state index contributed by atoms with van der Waals surface area (Å²) in [6.45, 7) is 35.1. The lowest BCUT2D eigenvalue weighted by molar-refractivity contribution is 0.569. The first-order valence-electron chi connectivity index (χ1n) is 37.5. The molecule has 0 amide bonds. The minimum absolute atomic E-state index is 0.0316. The molecule has 0 saturated heterocycles. The molecule has 16 aromatic rings. The average molecular weight is 1340 g/mol. The zero-order valence-electron chi connectivity index (χ0n) is 62.9. The molecule has 4 heteroatoms. The van der Waals surface area contributed by atoms with E-state index in [2.05, 4.69) is 391 Å². The Labute approximate surface area is 614 Å². The summed E-state index contributed by atoms with van der Waals surface area (Å²) in [6.07, 6.45) is 0. The molecule has 0 saturated carbocycles. The van der Waals surface area contributed by atoms with Gasteiger partial charge in [0.05, 0.1) is 22.4 Å². The third kappa shape index (κ3) is 10.4. The predicted molar refractivity (Wildman–Crippen MR) is 450 cm³/mol. The molecule has 18 rings (SSSR count). The summed E-state index contributed by atoms with van der Waals surface area (Å²) in [5.41, 5.74) is 32.0. The Bertz CT molecular complexity index is 5830. The van der Waals surface area contributed by atoms with Crippen molar-refractivity contribution in [2.24, 2.45) is 0 Å². The Balaban J connectivity index is 1.00. The zero-order chi connectivity index (χ0) is 71.8. The highest BCUT2D eigenvalue weighted by molar-refractivity contribution is 7.00. The fraction of sp³-hybridized carbons (Fsp3) is 0.200. The fourth-order valence-electron chi connectivity index (χ4n) is 17.4. The number of benzene rings is 15. The quantitative estimate of drug-likeness (QED) is 0.0853. The van der Waals surface area contributed by atoms with E-state index >= 15 is 0 Å². The highest BCUT2D eigenvalue weighted by Crippen LogP contribution is 2.56. The van der Waals surface area contributed by atoms with Crippen LogP contribution in [-0.2, 0) is 27.1 Å². The van der Waals surface area contributed by atoms with E-state index in [1.165, 1.54) is 149 Å². The highest BCUT2D eigenvalue weighted by atomic mass is 15.2. The average Bonchev–Trinajstić information content (AvgIpc) is 1.06. The molecule has 3 nitrogen and oxygen atoms in total. The molecule has 0 unspecified atom stereocenters. The molecular weight excluding hydrogens is 1250 g/mol. The first kappa shape index (κ1) is 65.1. The van der Waals surface area contributed by atoms with Crippen molar-refractivity contribution in [1.82, 2.24) is 4.57 Å². The van der Waals surface area contributed by atoms with Crippen molar-refractivity contribution in [2.75, 3.05) is 9.80 Å². The molecule has 15 aromatic carbocycles. The second-order valence-corrected chi connectivity index (χ2v) is 35.0. The number of hydrogen-bond acceptors (Lipinski definition) is 2. The molecule has 0 fully saturated rings. The van der Waals surface area contributed by atoms with Crippen LogP contribution in [0.2, 0.25) is 0 Å². The summed E-state index contributed by atoms with van der Waals surface area (Å²) in [6, 6.07) is 106. The zero-order valence-corrected chi connectivity index (χ0v) is 62.9. The molecule has 0 bridgehead atoms. The van der Waals surface area contributed by atoms with Gasteiger partial charge in [0.2, 0.25) is 0 Å². The third-order valence-electron chi connectivity index (χ3n) is 23.1. The Morgan fingerprint density at radius 3 is 1.05 bits per heavy atom. The normalized spacial score (nSPS) is 13.5. The number of para-hydroxylation sites is 2. The molecular formula is C100H90BN3. The fourth-order valence-corrected chi connectivity index (χ4v) is 17.4. The van der Waals surface area contributed by atoms with E-state index in [1.54, 1.807) is 0 Å². The van der Waals surface area contributed by atoms with Gasteiger partial charge in [0.25, 0.3) is 6.71 Å². The maximum Gasteiger partial charge on any atom is 0.252 e. The molecule has 0 N–H and O–H groups in total. The van der Waals surface area contributed by atoms with Gasteiger partial charge in [0, 0.05) is 61.5 Å². The summed E-state index contributed by atoms with van der Waals surface area (Å²) in [7, 11) is 0. The smallest absolute Gasteiger partial charge is 0.252 e. The van der Waals surface area contributed by atoms with Gasteiger partial charge in [-0.05, 0) is 179 Å². The van der Waals surface area contributed by atoms with Crippen LogP contribution in [0.15, 0.2) is 273 Å². The van der Waals surface area contributed by atoms with Crippen LogP contribution in [-0.4, -0.2) is 11.3 Å². The van der Waals surface area contributed by atoms with Crippen LogP contribution >= 0.6 is 0 Å². The van der Waals surface area contributed by atoms with Gasteiger partial charge in [0.15, 0.2) is 0 Å². The van der Waals surface area contributed by atoms with Crippen LogP contribution in [0, 0.1) is 0 Å². The number of rotatable bonds is 8. The summed E-state index contributed by atoms with van der Waals surface area (Å²) < 4.78 is 2.59. The molecule has 0 radical (unpaired) electrons. The summed E-state index contributed by atoms with van der Waals surface area (Å²) in [5, 5.41) is 10.4. The Morgan fingerprint density at radius 1 is 0.250 bits per heavy atom. The van der Waals surface area contributed by atoms with Crippen LogP contribution in [0.5, 0.6) is 0 Å². The van der Waals surface area contributed by atoms with Gasteiger partial charge in [-0.3, -0.25) is 0 Å². The van der Waals surface area contributed by atoms with E-state index in [-0.39, 0.29) is 33.8 Å². The van der Waals surface area contributed by atoms with Gasteiger partial charge in [-0.25, -0.2) is 0 Å². The van der Waals surface area contributed by atoms with E-state index < -0.39 is 0 Å². The van der Waals surface area contributed by atoms with Crippen molar-refractivity contribution in [1.29, 1.82) is 0 Å². The van der Waals surface area contributed by atoms with Crippen molar-refractivity contribution in [3.8, 4) is 61.3 Å². The van der Waals surface area contributed by atoms with Crippen LogP contribution < -0.4 is 26.2 Å². The van der Waals surface area contributed by atoms with Crippen LogP contribution in [0.3, 0.4) is 0 Å². The maximum atomic E-state index is 2.75. The summed E-state index contributed by atoms with van der Waals surface area (Å²) in [5.74, 6) is 0. The monoisotopic (exact) mass is 1340 g/mol. The Morgan fingerprint density at radius 2 is 0.625 bits per heavy atom. The summed E-state index contributed by atoms with van der Waals surface area (Å²) >= 11 is 0. The molecule has 104 heavy (non-hydrogen) atoms. The minimum Gasteiger partial charge on any atom is -0.310 e. The van der Waals surface area contributed by atoms with Crippen molar-refractivity contribution in [3.63, 3.8) is 0 Å². The SMILES string of the molecule is CC(C)(C)c1ccc(-c2cccc(-c3ccc(C(C)(C)C)cc3)c2N2c3cc(-c4cc(C(C)(C)C)cc(C(C)(C)C)c4)ccc3B3c4ccc(-n5c6ccc7cccc8c9cccc%10ccc5c(c%109)c6c78)cc4N(c4c(-c5ccccc5)cccc4-c4ccccc4)c4cc(C(C)(C)C)cc2c43)cc1. The molecule has 508 valence electrons. The van der Waals surface area contributed by atoms with Gasteiger partial charge in [-0.15, -0.1) is 0 Å². The van der Waals surface area contributed by atoms with Gasteiger partial charge >= 0.3 is 0 Å². The second-order valence-electron chi connectivity index (χ2n) is 35.0. The minimum atomic E-state index is -0.313. The maximum absolute atomic E-state index is 2.75. The van der Waals surface area contributed by atoms with E-state index in [4.69, 9.17) is 0 Å². The van der Waals surface area contributed by atoms with Crippen molar-refractivity contribution in [2.45, 2.75) is 131 Å². The van der Waals surface area contributed by atoms with Crippen LogP contribution in [0.4, 0.5) is 34.1 Å². The molecule has 0 aliphatic carbocycles. The van der Waals surface area contributed by atoms with Crippen LogP contribution in [0.25, 0.3) is 115 Å². The second kappa shape index (κ2) is 23.3. The van der Waals surface area contributed by atoms with E-state index in [0.29, 0.717) is 0 Å². The Kier molecular flexibility index (Phi) is 14.6. The number of hydrogen-bond donors (Lipinski definition) is 0. The Hall–Kier alpha value is -10.9. The lowest BCUT2D eigenvalue weighted by atomic mass is 9.33. The van der Waals surface area contributed by atoms with Crippen molar-refractivity contribution in [3.05, 3.63) is 301 Å². The van der Waals surface area contributed by atoms with Gasteiger partial charge in [-0.2, -0.15) is 0 Å². The first-order chi connectivity index (χ1) is 49.8. The van der Waals surface area contributed by atoms with Gasteiger partial charge in [0.1, 0.15) is 0 Å². The number of aromatic nitrogens is 1. The standard InChI is InChI=1S/C100H90BN3/c1-96(2,3)69-45-38-63(39-46-69)77-34-25-35-78(64-40-47-70(48-41-64)97(4,5)6)95(77)103-85-56-67(68-54-71(98(7,8)9)57-72(55-68)99(10,11)12)42-50-81(85)101-82-51-49-74(102-83-52-43-65-30-22-36-79-80-37-23-31-66-44-53-84(102)92(90(66)80)91(83)89(65)79)60-86(82)104(88-59-73(100(13,14)15)58-87(103)93(88)101)94-75(61-26-18-16-19-27-61)32-24-33-76(94)62-28-20-17-21-29-62/h16-60H,1-15H3. The van der Waals surface area contributed by atoms with Crippen molar-refractivity contribution >= 4 is 111 Å². The van der Waals surface area contributed by atoms with Gasteiger partial charge in [-0.1, -0.05) is 334 Å². The molecule has 1 aromatic heterocycles.